The number of aliphatic hydroxyl groups is 1. The van der Waals surface area contributed by atoms with E-state index in [4.69, 9.17) is 0 Å². The van der Waals surface area contributed by atoms with E-state index in [1.807, 2.05) is 26.8 Å². The lowest BCUT2D eigenvalue weighted by Gasteiger charge is -2.67. The molecule has 7 atom stereocenters. The lowest BCUT2D eigenvalue weighted by atomic mass is 9.37. The maximum absolute atomic E-state index is 12.9. The number of allylic oxidation sites excluding steroid dienone is 6. The maximum Gasteiger partial charge on any atom is 0.309 e. The molecule has 5 rings (SSSR count). The molecule has 0 aromatic carbocycles. The third-order valence-electron chi connectivity index (χ3n) is 12.1. The zero-order valence-electron chi connectivity index (χ0n) is 22.0. The van der Waals surface area contributed by atoms with Gasteiger partial charge in [0, 0.05) is 10.8 Å². The molecule has 0 heterocycles. The number of ketones is 1. The van der Waals surface area contributed by atoms with Gasteiger partial charge < -0.3 is 10.2 Å². The van der Waals surface area contributed by atoms with Crippen molar-refractivity contribution in [1.82, 2.24) is 0 Å². The maximum atomic E-state index is 12.9. The molecule has 0 aromatic heterocycles. The summed E-state index contributed by atoms with van der Waals surface area (Å²) >= 11 is 0. The number of carboxylic acids is 1. The summed E-state index contributed by atoms with van der Waals surface area (Å²) in [5.74, 6) is -0.464. The fraction of sp³-hybridized carbons (Fsp3) is 0.733. The van der Waals surface area contributed by atoms with Gasteiger partial charge in [0.05, 0.1) is 5.41 Å². The fourth-order valence-electron chi connectivity index (χ4n) is 9.36. The summed E-state index contributed by atoms with van der Waals surface area (Å²) in [6.45, 7) is 15.4. The van der Waals surface area contributed by atoms with Gasteiger partial charge in [-0.15, -0.1) is 0 Å². The Labute approximate surface area is 204 Å². The third-order valence-corrected chi connectivity index (χ3v) is 12.1. The minimum Gasteiger partial charge on any atom is -0.505 e. The zero-order chi connectivity index (χ0) is 25.1. The van der Waals surface area contributed by atoms with Crippen LogP contribution in [0.1, 0.15) is 93.4 Å². The molecule has 4 heteroatoms. The quantitative estimate of drug-likeness (QED) is 0.435. The average Bonchev–Trinajstić information content (AvgIpc) is 2.74. The number of carboxylic acid groups (broad SMARTS) is 1. The number of hydrogen-bond acceptors (Lipinski definition) is 3. The summed E-state index contributed by atoms with van der Waals surface area (Å²) in [6, 6.07) is 0. The Kier molecular flexibility index (Phi) is 4.69. The van der Waals surface area contributed by atoms with Crippen LogP contribution in [0.2, 0.25) is 0 Å². The van der Waals surface area contributed by atoms with Crippen LogP contribution < -0.4 is 0 Å². The molecule has 2 N–H and O–H groups in total. The van der Waals surface area contributed by atoms with E-state index in [1.165, 1.54) is 11.1 Å². The van der Waals surface area contributed by atoms with Gasteiger partial charge in [-0.1, -0.05) is 64.8 Å². The van der Waals surface area contributed by atoms with E-state index in [9.17, 15) is 19.8 Å². The van der Waals surface area contributed by atoms with Crippen LogP contribution in [0.15, 0.2) is 35.1 Å². The minimum atomic E-state index is -0.667. The van der Waals surface area contributed by atoms with Crippen LogP contribution in [0, 0.1) is 44.3 Å². The molecule has 0 bridgehead atoms. The first-order valence-corrected chi connectivity index (χ1v) is 13.2. The van der Waals surface area contributed by atoms with Crippen molar-refractivity contribution in [2.45, 2.75) is 93.4 Å². The van der Waals surface area contributed by atoms with Crippen LogP contribution in [0.25, 0.3) is 0 Å². The van der Waals surface area contributed by atoms with Gasteiger partial charge in [-0.05, 0) is 86.0 Å². The Bertz CT molecular complexity index is 1080. The number of carbonyl (C=O) groups excluding carboxylic acids is 1. The lowest BCUT2D eigenvalue weighted by molar-refractivity contribution is -0.155. The molecule has 0 unspecified atom stereocenters. The van der Waals surface area contributed by atoms with Crippen molar-refractivity contribution in [2.75, 3.05) is 0 Å². The smallest absolute Gasteiger partial charge is 0.309 e. The van der Waals surface area contributed by atoms with Gasteiger partial charge in [0.1, 0.15) is 0 Å². The van der Waals surface area contributed by atoms with Crippen molar-refractivity contribution in [3.63, 3.8) is 0 Å². The van der Waals surface area contributed by atoms with E-state index < -0.39 is 16.8 Å². The standard InChI is InChI=1S/C30H42O4/c1-25(2)21-10-11-30(7)22(28(21,5)17-20(31)23(25)32)9-8-18-19-16-27(4,24(33)34)13-12-26(19,3)14-15-29(18,30)6/h8-9,17,19,21,31H,10-16H2,1-7H3,(H,33,34)/t19-,21-,26+,27-,28-,29+,30+/m0/s1. The Balaban J connectivity index is 1.67. The topological polar surface area (TPSA) is 74.6 Å². The van der Waals surface area contributed by atoms with Gasteiger partial charge in [-0.3, -0.25) is 9.59 Å². The van der Waals surface area contributed by atoms with Crippen LogP contribution in [-0.4, -0.2) is 22.0 Å². The van der Waals surface area contributed by atoms with Crippen LogP contribution in [0.4, 0.5) is 0 Å². The molecule has 3 fully saturated rings. The van der Waals surface area contributed by atoms with Crippen molar-refractivity contribution in [2.24, 2.45) is 44.3 Å². The van der Waals surface area contributed by atoms with Crippen LogP contribution in [0.5, 0.6) is 0 Å². The van der Waals surface area contributed by atoms with Gasteiger partial charge in [0.2, 0.25) is 5.78 Å². The Morgan fingerprint density at radius 2 is 1.56 bits per heavy atom. The number of rotatable bonds is 1. The summed E-state index contributed by atoms with van der Waals surface area (Å²) < 4.78 is 0. The molecule has 186 valence electrons. The highest BCUT2D eigenvalue weighted by Crippen LogP contribution is 2.73. The summed E-state index contributed by atoms with van der Waals surface area (Å²) in [5.41, 5.74) is 1.16. The van der Waals surface area contributed by atoms with E-state index in [1.54, 1.807) is 0 Å². The highest BCUT2D eigenvalue weighted by atomic mass is 16.4. The zero-order valence-corrected chi connectivity index (χ0v) is 22.0. The molecular formula is C30H42O4. The van der Waals surface area contributed by atoms with Crippen molar-refractivity contribution in [1.29, 1.82) is 0 Å². The first-order valence-electron chi connectivity index (χ1n) is 13.2. The van der Waals surface area contributed by atoms with Crippen LogP contribution in [-0.2, 0) is 9.59 Å². The molecule has 4 nitrogen and oxygen atoms in total. The largest absolute Gasteiger partial charge is 0.505 e. The van der Waals surface area contributed by atoms with Gasteiger partial charge in [-0.2, -0.15) is 0 Å². The number of aliphatic hydroxyl groups excluding tert-OH is 1. The minimum absolute atomic E-state index is 0.0545. The molecule has 5 aliphatic carbocycles. The second-order valence-electron chi connectivity index (χ2n) is 14.1. The molecule has 0 aliphatic heterocycles. The Morgan fingerprint density at radius 3 is 2.21 bits per heavy atom. The molecule has 0 saturated heterocycles. The highest BCUT2D eigenvalue weighted by Gasteiger charge is 2.66. The van der Waals surface area contributed by atoms with E-state index >= 15 is 0 Å². The Hall–Kier alpha value is -1.84. The van der Waals surface area contributed by atoms with E-state index in [0.29, 0.717) is 6.42 Å². The van der Waals surface area contributed by atoms with Crippen LogP contribution in [0.3, 0.4) is 0 Å². The monoisotopic (exact) mass is 466 g/mol. The molecule has 34 heavy (non-hydrogen) atoms. The third kappa shape index (κ3) is 2.66. The van der Waals surface area contributed by atoms with Crippen LogP contribution >= 0.6 is 0 Å². The molecule has 0 aromatic rings. The van der Waals surface area contributed by atoms with Crippen molar-refractivity contribution < 1.29 is 19.8 Å². The number of fused-ring (bicyclic) bond motifs is 7. The van der Waals surface area contributed by atoms with Crippen molar-refractivity contribution >= 4 is 11.8 Å². The van der Waals surface area contributed by atoms with E-state index in [2.05, 4.69) is 39.8 Å². The van der Waals surface area contributed by atoms with Gasteiger partial charge in [0.25, 0.3) is 0 Å². The normalized spacial score (nSPS) is 49.4. The van der Waals surface area contributed by atoms with Gasteiger partial charge in [-0.25, -0.2) is 0 Å². The molecular weight excluding hydrogens is 424 g/mol. The molecule has 3 saturated carbocycles. The fourth-order valence-corrected chi connectivity index (χ4v) is 9.36. The number of aliphatic carboxylic acids is 1. The summed E-state index contributed by atoms with van der Waals surface area (Å²) in [7, 11) is 0. The lowest BCUT2D eigenvalue weighted by Crippen LogP contribution is -2.60. The predicted octanol–water partition coefficient (Wildman–Crippen LogP) is 7.02. The first kappa shape index (κ1) is 23.9. The summed E-state index contributed by atoms with van der Waals surface area (Å²) in [4.78, 5) is 25.1. The van der Waals surface area contributed by atoms with Crippen molar-refractivity contribution in [3.8, 4) is 0 Å². The second kappa shape index (κ2) is 6.68. The molecule has 0 amide bonds. The second-order valence-corrected chi connectivity index (χ2v) is 14.1. The van der Waals surface area contributed by atoms with Gasteiger partial charge >= 0.3 is 5.97 Å². The van der Waals surface area contributed by atoms with Crippen molar-refractivity contribution in [3.05, 3.63) is 35.1 Å². The SMILES string of the molecule is CC1(C)C(=O)C(O)=C[C@]2(C)C3=CC=C4[C@@H]5C[C@@](C)(C(=O)O)CC[C@]5(C)CC[C@@]4(C)[C@]3(C)CC[C@@H]12. The molecule has 0 spiro atoms. The molecule has 5 aliphatic rings. The number of Topliss-reactive ketones (excluding diaryl/α,β-unsaturated/α-hetero) is 1. The average molecular weight is 467 g/mol. The summed E-state index contributed by atoms with van der Waals surface area (Å²) in [6.07, 6.45) is 13.1. The number of hydrogen-bond donors (Lipinski definition) is 2. The number of carbonyl (C=O) groups is 2. The van der Waals surface area contributed by atoms with Gasteiger partial charge in [0.15, 0.2) is 5.76 Å². The Morgan fingerprint density at radius 1 is 0.912 bits per heavy atom. The highest BCUT2D eigenvalue weighted by molar-refractivity contribution is 5.99. The van der Waals surface area contributed by atoms with E-state index in [-0.39, 0.29) is 45.0 Å². The summed E-state index contributed by atoms with van der Waals surface area (Å²) in [5, 5.41) is 20.7. The molecule has 0 radical (unpaired) electrons. The first-order chi connectivity index (χ1) is 15.6. The predicted molar refractivity (Wildman–Crippen MR) is 133 cm³/mol. The van der Waals surface area contributed by atoms with E-state index in [0.717, 1.165) is 38.5 Å².